The lowest BCUT2D eigenvalue weighted by Gasteiger charge is -2.23. The number of nitrogens with zero attached hydrogens (tertiary/aromatic N) is 3. The van der Waals surface area contributed by atoms with Crippen molar-refractivity contribution in [3.05, 3.63) is 22.4 Å². The molecule has 0 radical (unpaired) electrons. The zero-order valence-electron chi connectivity index (χ0n) is 10.6. The summed E-state index contributed by atoms with van der Waals surface area (Å²) in [5.41, 5.74) is 0.705. The molecule has 0 N–H and O–H groups in total. The van der Waals surface area contributed by atoms with Gasteiger partial charge >= 0.3 is 0 Å². The molecule has 1 aromatic rings. The predicted octanol–water partition coefficient (Wildman–Crippen LogP) is 2.96. The van der Waals surface area contributed by atoms with Crippen LogP contribution in [0.2, 0.25) is 0 Å². The summed E-state index contributed by atoms with van der Waals surface area (Å²) in [6.45, 7) is 1.89. The molecule has 2 rings (SSSR count). The monoisotopic (exact) mass is 309 g/mol. The number of amides is 1. The van der Waals surface area contributed by atoms with Gasteiger partial charge in [-0.3, -0.25) is 4.79 Å². The summed E-state index contributed by atoms with van der Waals surface area (Å²) < 4.78 is 2.97. The van der Waals surface area contributed by atoms with Gasteiger partial charge in [0.25, 0.3) is 5.91 Å². The van der Waals surface area contributed by atoms with Crippen LogP contribution >= 0.6 is 15.9 Å². The first-order valence-electron chi connectivity index (χ1n) is 6.06. The van der Waals surface area contributed by atoms with E-state index in [0.29, 0.717) is 18.2 Å². The zero-order chi connectivity index (χ0) is 13.3. The second-order valence-electron chi connectivity index (χ2n) is 4.81. The highest BCUT2D eigenvalue weighted by Crippen LogP contribution is 2.37. The topological polar surface area (TPSA) is 49.0 Å². The molecular weight excluding hydrogens is 294 g/mol. The minimum Gasteiger partial charge on any atom is -0.339 e. The molecule has 0 saturated heterocycles. The molecule has 0 bridgehead atoms. The maximum absolute atomic E-state index is 12.4. The van der Waals surface area contributed by atoms with Gasteiger partial charge in [-0.25, -0.2) is 0 Å². The molecule has 1 fully saturated rings. The molecule has 1 amide bonds. The number of rotatable bonds is 4. The number of hydrogen-bond donors (Lipinski definition) is 0. The first-order chi connectivity index (χ1) is 8.54. The van der Waals surface area contributed by atoms with Crippen LogP contribution in [0.5, 0.6) is 0 Å². The Labute approximate surface area is 115 Å². The highest BCUT2D eigenvalue weighted by atomic mass is 79.9. The molecule has 0 aromatic carbocycles. The van der Waals surface area contributed by atoms with Gasteiger partial charge in [0, 0.05) is 29.8 Å². The van der Waals surface area contributed by atoms with E-state index in [2.05, 4.69) is 22.0 Å². The second-order valence-corrected chi connectivity index (χ2v) is 5.72. The van der Waals surface area contributed by atoms with E-state index in [-0.39, 0.29) is 11.9 Å². The second kappa shape index (κ2) is 5.15. The summed E-state index contributed by atoms with van der Waals surface area (Å²) >= 11 is 3.42. The fraction of sp³-hybridized carbons (Fsp3) is 0.538. The molecule has 96 valence electrons. The van der Waals surface area contributed by atoms with Crippen molar-refractivity contribution in [3.8, 4) is 6.07 Å². The molecule has 1 aliphatic rings. The van der Waals surface area contributed by atoms with E-state index in [1.54, 1.807) is 11.9 Å². The number of carbonyl (C=O) groups is 1. The fourth-order valence-corrected chi connectivity index (χ4v) is 2.36. The van der Waals surface area contributed by atoms with Crippen LogP contribution in [0.3, 0.4) is 0 Å². The van der Waals surface area contributed by atoms with Crippen molar-refractivity contribution in [2.75, 3.05) is 7.05 Å². The summed E-state index contributed by atoms with van der Waals surface area (Å²) in [6.07, 6.45) is 4.60. The molecule has 18 heavy (non-hydrogen) atoms. The molecule has 0 spiro atoms. The number of aromatic nitrogens is 1. The van der Waals surface area contributed by atoms with E-state index in [0.717, 1.165) is 17.3 Å². The van der Waals surface area contributed by atoms with Crippen LogP contribution < -0.4 is 0 Å². The lowest BCUT2D eigenvalue weighted by Crippen LogP contribution is -2.35. The zero-order valence-corrected chi connectivity index (χ0v) is 12.1. The number of carbonyl (C=O) groups excluding carboxylic acids is 1. The van der Waals surface area contributed by atoms with Crippen LogP contribution in [0.15, 0.2) is 16.7 Å². The van der Waals surface area contributed by atoms with Crippen molar-refractivity contribution in [2.45, 2.75) is 38.3 Å². The van der Waals surface area contributed by atoms with E-state index < -0.39 is 0 Å². The van der Waals surface area contributed by atoms with Crippen LogP contribution in [-0.4, -0.2) is 28.5 Å². The molecule has 1 aliphatic carbocycles. The Morgan fingerprint density at radius 1 is 1.72 bits per heavy atom. The first kappa shape index (κ1) is 13.2. The quantitative estimate of drug-likeness (QED) is 0.858. The molecule has 1 heterocycles. The summed E-state index contributed by atoms with van der Waals surface area (Å²) in [5.74, 6) is -0.0182. The minimum atomic E-state index is -0.0659. The molecule has 4 nitrogen and oxygen atoms in total. The van der Waals surface area contributed by atoms with E-state index in [9.17, 15) is 4.79 Å². The van der Waals surface area contributed by atoms with Gasteiger partial charge in [-0.15, -0.1) is 0 Å². The van der Waals surface area contributed by atoms with Crippen molar-refractivity contribution in [2.24, 2.45) is 0 Å². The van der Waals surface area contributed by atoms with E-state index in [1.165, 1.54) is 0 Å². The molecule has 5 heteroatoms. The Morgan fingerprint density at radius 3 is 2.94 bits per heavy atom. The third-order valence-corrected chi connectivity index (χ3v) is 3.78. The van der Waals surface area contributed by atoms with Gasteiger partial charge in [-0.05, 0) is 41.8 Å². The highest BCUT2D eigenvalue weighted by Gasteiger charge is 2.29. The Morgan fingerprint density at radius 2 is 2.39 bits per heavy atom. The van der Waals surface area contributed by atoms with Crippen molar-refractivity contribution >= 4 is 21.8 Å². The molecule has 1 unspecified atom stereocenters. The smallest absolute Gasteiger partial charge is 0.270 e. The summed E-state index contributed by atoms with van der Waals surface area (Å²) in [6, 6.07) is 4.36. The average Bonchev–Trinajstić information content (AvgIpc) is 3.11. The largest absolute Gasteiger partial charge is 0.339 e. The summed E-state index contributed by atoms with van der Waals surface area (Å²) in [4.78, 5) is 14.0. The molecule has 1 aromatic heterocycles. The van der Waals surface area contributed by atoms with Gasteiger partial charge in [0.2, 0.25) is 0 Å². The number of nitriles is 1. The summed E-state index contributed by atoms with van der Waals surface area (Å²) in [7, 11) is 1.75. The number of halogens is 1. The third-order valence-electron chi connectivity index (χ3n) is 3.34. The fourth-order valence-electron chi connectivity index (χ4n) is 1.92. The SMILES string of the molecule is CC(CC#N)N(C)C(=O)c1cc(Br)cn1C1CC1. The van der Waals surface area contributed by atoms with Crippen molar-refractivity contribution in [1.29, 1.82) is 5.26 Å². The maximum atomic E-state index is 12.4. The maximum Gasteiger partial charge on any atom is 0.270 e. The molecule has 0 aliphatic heterocycles. The van der Waals surface area contributed by atoms with Gasteiger partial charge in [-0.1, -0.05) is 0 Å². The van der Waals surface area contributed by atoms with E-state index in [1.807, 2.05) is 23.8 Å². The van der Waals surface area contributed by atoms with Crippen molar-refractivity contribution < 1.29 is 4.79 Å². The van der Waals surface area contributed by atoms with Crippen LogP contribution in [0, 0.1) is 11.3 Å². The lowest BCUT2D eigenvalue weighted by atomic mass is 10.2. The highest BCUT2D eigenvalue weighted by molar-refractivity contribution is 9.10. The molecule has 1 atom stereocenters. The standard InChI is InChI=1S/C13H16BrN3O/c1-9(5-6-15)16(2)13(18)12-7-10(14)8-17(12)11-3-4-11/h7-9,11H,3-5H2,1-2H3. The Bertz CT molecular complexity index is 499. The van der Waals surface area contributed by atoms with Gasteiger partial charge in [0.15, 0.2) is 0 Å². The first-order valence-corrected chi connectivity index (χ1v) is 6.85. The van der Waals surface area contributed by atoms with Gasteiger partial charge in [0.05, 0.1) is 12.5 Å². The van der Waals surface area contributed by atoms with E-state index >= 15 is 0 Å². The van der Waals surface area contributed by atoms with Crippen LogP contribution in [-0.2, 0) is 0 Å². The third kappa shape index (κ3) is 2.59. The minimum absolute atomic E-state index is 0.0182. The Kier molecular flexibility index (Phi) is 3.76. The summed E-state index contributed by atoms with van der Waals surface area (Å²) in [5, 5.41) is 8.69. The Hall–Kier alpha value is -1.28. The predicted molar refractivity (Wildman–Crippen MR) is 72.2 cm³/mol. The van der Waals surface area contributed by atoms with Crippen LogP contribution in [0.25, 0.3) is 0 Å². The molecular formula is C13H16BrN3O. The van der Waals surface area contributed by atoms with Gasteiger partial charge < -0.3 is 9.47 Å². The number of hydrogen-bond acceptors (Lipinski definition) is 2. The average molecular weight is 310 g/mol. The van der Waals surface area contributed by atoms with Gasteiger partial charge in [-0.2, -0.15) is 5.26 Å². The molecule has 1 saturated carbocycles. The van der Waals surface area contributed by atoms with Crippen molar-refractivity contribution in [1.82, 2.24) is 9.47 Å². The normalized spacial score (nSPS) is 16.1. The van der Waals surface area contributed by atoms with Crippen LogP contribution in [0.4, 0.5) is 0 Å². The lowest BCUT2D eigenvalue weighted by molar-refractivity contribution is 0.0735. The van der Waals surface area contributed by atoms with E-state index in [4.69, 9.17) is 5.26 Å². The van der Waals surface area contributed by atoms with Crippen molar-refractivity contribution in [3.63, 3.8) is 0 Å². The van der Waals surface area contributed by atoms with Gasteiger partial charge in [0.1, 0.15) is 5.69 Å². The van der Waals surface area contributed by atoms with Crippen LogP contribution in [0.1, 0.15) is 42.7 Å². The Balaban J connectivity index is 2.20.